The van der Waals surface area contributed by atoms with Crippen LogP contribution in [0.3, 0.4) is 0 Å². The van der Waals surface area contributed by atoms with Gasteiger partial charge in [-0.3, -0.25) is 9.35 Å². The monoisotopic (exact) mass is 586 g/mol. The topological polar surface area (TPSA) is 178 Å². The van der Waals surface area contributed by atoms with Crippen molar-refractivity contribution in [3.8, 4) is 0 Å². The minimum atomic E-state index is -5.03. The lowest BCUT2D eigenvalue weighted by Crippen LogP contribution is -2.60. The summed E-state index contributed by atoms with van der Waals surface area (Å²) in [4.78, 5) is 11.5. The fourth-order valence-electron chi connectivity index (χ4n) is 4.43. The van der Waals surface area contributed by atoms with Crippen LogP contribution in [0, 0.1) is 0 Å². The molecule has 0 spiro atoms. The average molecular weight is 587 g/mol. The molecule has 1 rings (SSSR count). The Hall–Kier alpha value is -0.900. The molecule has 6 atom stereocenters. The Morgan fingerprint density at radius 3 is 1.90 bits per heavy atom. The minimum Gasteiger partial charge on any atom is -0.458 e. The second-order valence-electron chi connectivity index (χ2n) is 10.1. The fourth-order valence-corrected chi connectivity index (χ4v) is 4.94. The van der Waals surface area contributed by atoms with Crippen LogP contribution in [0.1, 0.15) is 97.3 Å². The molecule has 232 valence electrons. The number of aliphatic hydroxyl groups is 3. The number of hydrogen-bond acceptors (Lipinski definition) is 11. The normalized spacial score (nSPS) is 24.5. The van der Waals surface area contributed by atoms with Crippen molar-refractivity contribution < 1.29 is 56.2 Å². The van der Waals surface area contributed by atoms with E-state index in [2.05, 4.69) is 11.1 Å². The molecule has 39 heavy (non-hydrogen) atoms. The number of ether oxygens (including phenoxy) is 4. The van der Waals surface area contributed by atoms with Gasteiger partial charge < -0.3 is 34.3 Å². The highest BCUT2D eigenvalue weighted by Gasteiger charge is 2.47. The van der Waals surface area contributed by atoms with Crippen LogP contribution in [0.5, 0.6) is 0 Å². The van der Waals surface area contributed by atoms with E-state index >= 15 is 0 Å². The number of carbonyl (C=O) groups is 1. The molecule has 1 aliphatic heterocycles. The smallest absolute Gasteiger partial charge is 0.397 e. The van der Waals surface area contributed by atoms with Crippen LogP contribution < -0.4 is 0 Å². The Labute approximate surface area is 233 Å². The summed E-state index contributed by atoms with van der Waals surface area (Å²) in [6.07, 6.45) is 6.91. The summed E-state index contributed by atoms with van der Waals surface area (Å²) in [6, 6.07) is 0. The lowest BCUT2D eigenvalue weighted by molar-refractivity contribution is -0.301. The first-order chi connectivity index (χ1) is 18.6. The van der Waals surface area contributed by atoms with E-state index in [0.717, 1.165) is 19.3 Å². The number of unbranched alkanes of at least 4 members (excludes halogenated alkanes) is 12. The van der Waals surface area contributed by atoms with E-state index in [1.807, 2.05) is 0 Å². The van der Waals surface area contributed by atoms with E-state index < -0.39 is 59.8 Å². The predicted octanol–water partition coefficient (Wildman–Crippen LogP) is 2.67. The molecule has 12 nitrogen and oxygen atoms in total. The Morgan fingerprint density at radius 2 is 1.41 bits per heavy atom. The maximum atomic E-state index is 11.5. The quantitative estimate of drug-likeness (QED) is 0.0783. The van der Waals surface area contributed by atoms with Crippen molar-refractivity contribution in [2.24, 2.45) is 0 Å². The second-order valence-corrected chi connectivity index (χ2v) is 11.1. The van der Waals surface area contributed by atoms with Gasteiger partial charge in [-0.1, -0.05) is 84.0 Å². The first-order valence-corrected chi connectivity index (χ1v) is 15.6. The molecular formula is C26H50O12S. The van der Waals surface area contributed by atoms with Crippen LogP contribution in [0.25, 0.3) is 0 Å². The van der Waals surface area contributed by atoms with E-state index in [9.17, 15) is 28.5 Å². The summed E-state index contributed by atoms with van der Waals surface area (Å²) >= 11 is 0. The Bertz CT molecular complexity index is 734. The van der Waals surface area contributed by atoms with Crippen LogP contribution in [0.2, 0.25) is 0 Å². The van der Waals surface area contributed by atoms with Gasteiger partial charge in [-0.05, 0) is 6.42 Å². The highest BCUT2D eigenvalue weighted by molar-refractivity contribution is 7.80. The van der Waals surface area contributed by atoms with E-state index in [-0.39, 0.29) is 13.2 Å². The highest BCUT2D eigenvalue weighted by atomic mass is 32.3. The molecule has 0 aromatic heterocycles. The van der Waals surface area contributed by atoms with Crippen molar-refractivity contribution >= 4 is 16.4 Å². The Kier molecular flexibility index (Phi) is 19.4. The summed E-state index contributed by atoms with van der Waals surface area (Å²) < 4.78 is 57.0. The van der Waals surface area contributed by atoms with Crippen LogP contribution >= 0.6 is 0 Å². The molecule has 0 aromatic rings. The van der Waals surface area contributed by atoms with Crippen molar-refractivity contribution in [1.29, 1.82) is 0 Å². The highest BCUT2D eigenvalue weighted by Crippen LogP contribution is 2.25. The summed E-state index contributed by atoms with van der Waals surface area (Å²) in [5, 5.41) is 29.8. The average Bonchev–Trinajstić information content (AvgIpc) is 2.87. The third-order valence-corrected chi connectivity index (χ3v) is 6.99. The number of aliphatic hydroxyl groups excluding tert-OH is 3. The minimum absolute atomic E-state index is 0.0254. The fraction of sp³-hybridized carbons (Fsp3) is 0.962. The molecule has 0 aliphatic carbocycles. The van der Waals surface area contributed by atoms with Crippen molar-refractivity contribution in [1.82, 2.24) is 0 Å². The van der Waals surface area contributed by atoms with Gasteiger partial charge in [0, 0.05) is 13.5 Å². The molecule has 1 fully saturated rings. The van der Waals surface area contributed by atoms with E-state index in [0.29, 0.717) is 6.61 Å². The standard InChI is InChI=1S/C26H50O12S/c1-3-4-5-6-7-8-9-10-11-12-13-14-15-16-34-18-21(36-20(2)28)19-35-26-24(30)25(38-39(31,32)33)23(29)22(17-27)37-26/h21-27,29-30H,3-19H2,1-2H3,(H,31,32,33). The molecule has 1 heterocycles. The first kappa shape index (κ1) is 36.1. The molecule has 6 unspecified atom stereocenters. The lowest BCUT2D eigenvalue weighted by Gasteiger charge is -2.41. The van der Waals surface area contributed by atoms with Gasteiger partial charge in [-0.2, -0.15) is 8.42 Å². The third kappa shape index (κ3) is 16.8. The zero-order chi connectivity index (χ0) is 29.1. The summed E-state index contributed by atoms with van der Waals surface area (Å²) in [5.41, 5.74) is 0. The predicted molar refractivity (Wildman–Crippen MR) is 142 cm³/mol. The molecular weight excluding hydrogens is 536 g/mol. The maximum absolute atomic E-state index is 11.5. The molecule has 1 saturated heterocycles. The first-order valence-electron chi connectivity index (χ1n) is 14.2. The maximum Gasteiger partial charge on any atom is 0.397 e. The molecule has 0 radical (unpaired) electrons. The van der Waals surface area contributed by atoms with Gasteiger partial charge in [0.05, 0.1) is 19.8 Å². The van der Waals surface area contributed by atoms with Crippen LogP contribution in [0.4, 0.5) is 0 Å². The molecule has 4 N–H and O–H groups in total. The van der Waals surface area contributed by atoms with Gasteiger partial charge in [0.15, 0.2) is 6.29 Å². The van der Waals surface area contributed by atoms with E-state index in [1.54, 1.807) is 0 Å². The van der Waals surface area contributed by atoms with Gasteiger partial charge in [0.1, 0.15) is 30.5 Å². The van der Waals surface area contributed by atoms with Crippen molar-refractivity contribution in [3.05, 3.63) is 0 Å². The van der Waals surface area contributed by atoms with Gasteiger partial charge in [-0.25, -0.2) is 4.18 Å². The summed E-state index contributed by atoms with van der Waals surface area (Å²) in [7, 11) is -5.03. The van der Waals surface area contributed by atoms with Crippen molar-refractivity contribution in [2.45, 2.75) is 134 Å². The summed E-state index contributed by atoms with van der Waals surface area (Å²) in [5.74, 6) is -0.575. The number of esters is 1. The van der Waals surface area contributed by atoms with Crippen LogP contribution in [-0.2, 0) is 38.3 Å². The lowest BCUT2D eigenvalue weighted by atomic mass is 9.99. The molecule has 0 bridgehead atoms. The molecule has 0 amide bonds. The van der Waals surface area contributed by atoms with Gasteiger partial charge in [0.25, 0.3) is 0 Å². The van der Waals surface area contributed by atoms with Gasteiger partial charge in [-0.15, -0.1) is 0 Å². The van der Waals surface area contributed by atoms with E-state index in [1.165, 1.54) is 71.1 Å². The molecule has 0 saturated carbocycles. The zero-order valence-corrected chi connectivity index (χ0v) is 24.3. The number of rotatable bonds is 23. The Morgan fingerprint density at radius 1 is 0.872 bits per heavy atom. The van der Waals surface area contributed by atoms with Crippen molar-refractivity contribution in [2.75, 3.05) is 26.4 Å². The second kappa shape index (κ2) is 20.9. The van der Waals surface area contributed by atoms with Crippen LogP contribution in [-0.4, -0.2) is 97.5 Å². The number of carbonyl (C=O) groups excluding carboxylic acids is 1. The largest absolute Gasteiger partial charge is 0.458 e. The number of hydrogen-bond donors (Lipinski definition) is 4. The van der Waals surface area contributed by atoms with Crippen LogP contribution in [0.15, 0.2) is 0 Å². The summed E-state index contributed by atoms with van der Waals surface area (Å²) in [6.45, 7) is 2.93. The zero-order valence-electron chi connectivity index (χ0n) is 23.4. The van der Waals surface area contributed by atoms with Gasteiger partial charge >= 0.3 is 16.4 Å². The third-order valence-electron chi connectivity index (χ3n) is 6.53. The van der Waals surface area contributed by atoms with Crippen molar-refractivity contribution in [3.63, 3.8) is 0 Å². The SMILES string of the molecule is CCCCCCCCCCCCCCCOCC(COC1OC(CO)C(O)C(OS(=O)(=O)O)C1O)OC(C)=O. The Balaban J connectivity index is 2.29. The molecule has 1 aliphatic rings. The van der Waals surface area contributed by atoms with Gasteiger partial charge in [0.2, 0.25) is 0 Å². The molecule has 0 aromatic carbocycles. The molecule has 13 heteroatoms. The van der Waals surface area contributed by atoms with E-state index in [4.69, 9.17) is 23.5 Å².